The highest BCUT2D eigenvalue weighted by Gasteiger charge is 2.17. The molecule has 19 heavy (non-hydrogen) atoms. The van der Waals surface area contributed by atoms with E-state index in [9.17, 15) is 17.6 Å². The largest absolute Gasteiger partial charge is 0.324 e. The van der Waals surface area contributed by atoms with Crippen LogP contribution in [0.1, 0.15) is 12.0 Å². The molecule has 1 rings (SSSR count). The molecular weight excluding hydrogens is 271 g/mol. The van der Waals surface area contributed by atoms with Gasteiger partial charge in [-0.3, -0.25) is 4.79 Å². The quantitative estimate of drug-likeness (QED) is 0.840. The smallest absolute Gasteiger partial charge is 0.241 e. The number of hydrogen-bond acceptors (Lipinski definition) is 4. The number of carbonyl (C=O) groups is 1. The van der Waals surface area contributed by atoms with Gasteiger partial charge < -0.3 is 11.1 Å². The number of sulfone groups is 1. The molecule has 1 atom stereocenters. The fourth-order valence-electron chi connectivity index (χ4n) is 1.44. The first-order chi connectivity index (χ1) is 8.70. The molecule has 1 aromatic rings. The lowest BCUT2D eigenvalue weighted by Crippen LogP contribution is -2.37. The van der Waals surface area contributed by atoms with Crippen molar-refractivity contribution in [3.8, 4) is 0 Å². The minimum Gasteiger partial charge on any atom is -0.324 e. The summed E-state index contributed by atoms with van der Waals surface area (Å²) in [5.41, 5.74) is 6.23. The van der Waals surface area contributed by atoms with Gasteiger partial charge in [-0.05, 0) is 25.5 Å². The van der Waals surface area contributed by atoms with E-state index in [2.05, 4.69) is 5.32 Å². The highest BCUT2D eigenvalue weighted by Crippen LogP contribution is 2.17. The zero-order chi connectivity index (χ0) is 14.6. The summed E-state index contributed by atoms with van der Waals surface area (Å²) in [4.78, 5) is 11.7. The van der Waals surface area contributed by atoms with Crippen LogP contribution in [0.5, 0.6) is 0 Å². The number of halogens is 1. The highest BCUT2D eigenvalue weighted by atomic mass is 32.2. The summed E-state index contributed by atoms with van der Waals surface area (Å²) in [5.74, 6) is -1.12. The van der Waals surface area contributed by atoms with Gasteiger partial charge in [0.05, 0.1) is 11.8 Å². The minimum absolute atomic E-state index is 0.0268. The predicted octanol–water partition coefficient (Wildman–Crippen LogP) is 0.835. The maximum atomic E-state index is 13.3. The zero-order valence-electron chi connectivity index (χ0n) is 10.8. The number of amides is 1. The Labute approximate surface area is 111 Å². The van der Waals surface area contributed by atoms with E-state index in [1.807, 2.05) is 0 Å². The molecule has 1 aromatic carbocycles. The number of anilines is 1. The fraction of sp³-hybridized carbons (Fsp3) is 0.417. The molecule has 0 aliphatic carbocycles. The van der Waals surface area contributed by atoms with E-state index in [1.165, 1.54) is 19.1 Å². The van der Waals surface area contributed by atoms with Gasteiger partial charge in [0.15, 0.2) is 0 Å². The first-order valence-corrected chi connectivity index (χ1v) is 7.76. The normalized spacial score (nSPS) is 13.1. The van der Waals surface area contributed by atoms with E-state index in [4.69, 9.17) is 5.73 Å². The Morgan fingerprint density at radius 2 is 2.11 bits per heavy atom. The van der Waals surface area contributed by atoms with Gasteiger partial charge in [-0.2, -0.15) is 0 Å². The van der Waals surface area contributed by atoms with Gasteiger partial charge in [0, 0.05) is 17.5 Å². The van der Waals surface area contributed by atoms with Crippen LogP contribution in [0, 0.1) is 12.7 Å². The summed E-state index contributed by atoms with van der Waals surface area (Å²) in [6.45, 7) is 1.53. The zero-order valence-corrected chi connectivity index (χ0v) is 11.6. The molecule has 0 saturated carbocycles. The Kier molecular flexibility index (Phi) is 5.02. The molecular formula is C12H17FN2O3S. The predicted molar refractivity (Wildman–Crippen MR) is 72.1 cm³/mol. The van der Waals surface area contributed by atoms with E-state index in [-0.39, 0.29) is 12.2 Å². The molecule has 3 N–H and O–H groups in total. The number of carbonyl (C=O) groups excluding carboxylic acids is 1. The van der Waals surface area contributed by atoms with Gasteiger partial charge in [-0.15, -0.1) is 0 Å². The number of rotatable bonds is 5. The monoisotopic (exact) mass is 288 g/mol. The second-order valence-corrected chi connectivity index (χ2v) is 6.69. The van der Waals surface area contributed by atoms with Crippen LogP contribution in [0.4, 0.5) is 10.1 Å². The van der Waals surface area contributed by atoms with Crippen molar-refractivity contribution < 1.29 is 17.6 Å². The van der Waals surface area contributed by atoms with Gasteiger partial charge in [0.1, 0.15) is 15.7 Å². The highest BCUT2D eigenvalue weighted by molar-refractivity contribution is 7.90. The third-order valence-corrected chi connectivity index (χ3v) is 3.64. The van der Waals surface area contributed by atoms with Crippen LogP contribution in [0.2, 0.25) is 0 Å². The maximum Gasteiger partial charge on any atom is 0.241 e. The number of benzene rings is 1. The first-order valence-electron chi connectivity index (χ1n) is 5.70. The summed E-state index contributed by atoms with van der Waals surface area (Å²) in [6.07, 6.45) is 1.10. The van der Waals surface area contributed by atoms with E-state index in [0.29, 0.717) is 11.3 Å². The van der Waals surface area contributed by atoms with Crippen molar-refractivity contribution in [2.75, 3.05) is 17.3 Å². The second-order valence-electron chi connectivity index (χ2n) is 4.43. The van der Waals surface area contributed by atoms with Gasteiger partial charge in [-0.1, -0.05) is 6.07 Å². The van der Waals surface area contributed by atoms with Crippen LogP contribution in [-0.2, 0) is 14.6 Å². The Morgan fingerprint density at radius 3 is 2.68 bits per heavy atom. The van der Waals surface area contributed by atoms with Crippen LogP contribution in [0.15, 0.2) is 18.2 Å². The molecule has 0 fully saturated rings. The molecule has 1 amide bonds. The minimum atomic E-state index is -3.16. The SMILES string of the molecule is Cc1c(F)cccc1NC(=O)C(N)CCS(C)(=O)=O. The van der Waals surface area contributed by atoms with E-state index in [0.717, 1.165) is 6.26 Å². The van der Waals surface area contributed by atoms with Crippen molar-refractivity contribution in [1.82, 2.24) is 0 Å². The van der Waals surface area contributed by atoms with Crippen molar-refractivity contribution in [1.29, 1.82) is 0 Å². The van der Waals surface area contributed by atoms with Crippen molar-refractivity contribution in [3.63, 3.8) is 0 Å². The fourth-order valence-corrected chi connectivity index (χ4v) is 2.12. The van der Waals surface area contributed by atoms with E-state index >= 15 is 0 Å². The molecule has 0 heterocycles. The average molecular weight is 288 g/mol. The molecule has 0 spiro atoms. The number of hydrogen-bond donors (Lipinski definition) is 2. The first kappa shape index (κ1) is 15.6. The lowest BCUT2D eigenvalue weighted by Gasteiger charge is -2.13. The Hall–Kier alpha value is -1.47. The Bertz CT molecular complexity index is 572. The van der Waals surface area contributed by atoms with Crippen LogP contribution < -0.4 is 11.1 Å². The number of nitrogens with one attached hydrogen (secondary N) is 1. The third kappa shape index (κ3) is 4.96. The summed E-state index contributed by atoms with van der Waals surface area (Å²) >= 11 is 0. The summed E-state index contributed by atoms with van der Waals surface area (Å²) < 4.78 is 35.2. The molecule has 0 saturated heterocycles. The summed E-state index contributed by atoms with van der Waals surface area (Å²) in [5, 5.41) is 2.49. The summed E-state index contributed by atoms with van der Waals surface area (Å²) in [7, 11) is -3.16. The summed E-state index contributed by atoms with van der Waals surface area (Å²) in [6, 6.07) is 3.37. The maximum absolute atomic E-state index is 13.3. The molecule has 106 valence electrons. The van der Waals surface area contributed by atoms with Gasteiger partial charge >= 0.3 is 0 Å². The van der Waals surface area contributed by atoms with Gasteiger partial charge in [0.2, 0.25) is 5.91 Å². The number of nitrogens with two attached hydrogens (primary N) is 1. The van der Waals surface area contributed by atoms with Crippen LogP contribution in [0.3, 0.4) is 0 Å². The Balaban J connectivity index is 2.67. The van der Waals surface area contributed by atoms with Gasteiger partial charge in [0.25, 0.3) is 0 Å². The second kappa shape index (κ2) is 6.12. The lowest BCUT2D eigenvalue weighted by atomic mass is 10.1. The molecule has 0 aliphatic rings. The molecule has 0 bridgehead atoms. The molecule has 1 unspecified atom stereocenters. The van der Waals surface area contributed by atoms with Crippen molar-refractivity contribution in [2.45, 2.75) is 19.4 Å². The molecule has 7 heteroatoms. The lowest BCUT2D eigenvalue weighted by molar-refractivity contribution is -0.117. The van der Waals surface area contributed by atoms with Crippen LogP contribution in [0.25, 0.3) is 0 Å². The van der Waals surface area contributed by atoms with Gasteiger partial charge in [-0.25, -0.2) is 12.8 Å². The van der Waals surface area contributed by atoms with Crippen molar-refractivity contribution in [2.24, 2.45) is 5.73 Å². The molecule has 5 nitrogen and oxygen atoms in total. The molecule has 0 aromatic heterocycles. The van der Waals surface area contributed by atoms with Crippen LogP contribution >= 0.6 is 0 Å². The Morgan fingerprint density at radius 1 is 1.47 bits per heavy atom. The van der Waals surface area contributed by atoms with Crippen molar-refractivity contribution in [3.05, 3.63) is 29.6 Å². The van der Waals surface area contributed by atoms with Crippen molar-refractivity contribution >= 4 is 21.4 Å². The third-order valence-electron chi connectivity index (χ3n) is 2.66. The standard InChI is InChI=1S/C12H17FN2O3S/c1-8-9(13)4-3-5-11(8)15-12(16)10(14)6-7-19(2,17)18/h3-5,10H,6-7,14H2,1-2H3,(H,15,16). The molecule has 0 aliphatic heterocycles. The average Bonchev–Trinajstić information content (AvgIpc) is 2.31. The van der Waals surface area contributed by atoms with Crippen LogP contribution in [-0.4, -0.2) is 32.4 Å². The van der Waals surface area contributed by atoms with E-state index < -0.39 is 27.6 Å². The topological polar surface area (TPSA) is 89.3 Å². The van der Waals surface area contributed by atoms with E-state index in [1.54, 1.807) is 6.07 Å². The molecule has 0 radical (unpaired) electrons.